The molecule has 2 N–H and O–H groups in total. The van der Waals surface area contributed by atoms with Gasteiger partial charge in [-0.1, -0.05) is 37.3 Å². The summed E-state index contributed by atoms with van der Waals surface area (Å²) in [6, 6.07) is 22.1. The van der Waals surface area contributed by atoms with E-state index in [1.807, 2.05) is 30.3 Å². The molecule has 3 aromatic rings. The number of para-hydroxylation sites is 1. The number of carbonyl (C=O) groups is 2. The van der Waals surface area contributed by atoms with E-state index in [0.717, 1.165) is 12.2 Å². The summed E-state index contributed by atoms with van der Waals surface area (Å²) in [5, 5.41) is 5.58. The molecule has 0 spiro atoms. The van der Waals surface area contributed by atoms with Crippen LogP contribution in [0.4, 0.5) is 21.9 Å². The fraction of sp³-hybridized carbons (Fsp3) is 0.231. The van der Waals surface area contributed by atoms with E-state index in [1.165, 1.54) is 5.56 Å². The molecule has 1 aliphatic rings. The Morgan fingerprint density at radius 3 is 2.52 bits per heavy atom. The average molecular weight is 446 g/mol. The molecule has 0 bridgehead atoms. The molecular formula is C26H27N3O4. The van der Waals surface area contributed by atoms with Crippen molar-refractivity contribution in [2.75, 3.05) is 35.3 Å². The van der Waals surface area contributed by atoms with Gasteiger partial charge in [0.15, 0.2) is 6.61 Å². The lowest BCUT2D eigenvalue weighted by molar-refractivity contribution is -0.121. The summed E-state index contributed by atoms with van der Waals surface area (Å²) < 4.78 is 11.4. The van der Waals surface area contributed by atoms with Crippen molar-refractivity contribution >= 4 is 29.0 Å². The van der Waals surface area contributed by atoms with Gasteiger partial charge >= 0.3 is 6.03 Å². The molecule has 7 nitrogen and oxygen atoms in total. The average Bonchev–Trinajstić information content (AvgIpc) is 2.84. The summed E-state index contributed by atoms with van der Waals surface area (Å²) in [5.74, 6) is 1.30. The lowest BCUT2D eigenvalue weighted by Crippen LogP contribution is -2.39. The Bertz CT molecular complexity index is 1100. The van der Waals surface area contributed by atoms with Crippen molar-refractivity contribution in [3.63, 3.8) is 0 Å². The van der Waals surface area contributed by atoms with Crippen LogP contribution in [0.2, 0.25) is 0 Å². The number of ether oxygens (including phenoxy) is 2. The number of hydrogen-bond donors (Lipinski definition) is 2. The van der Waals surface area contributed by atoms with E-state index in [0.29, 0.717) is 42.4 Å². The van der Waals surface area contributed by atoms with Gasteiger partial charge in [-0.25, -0.2) is 4.79 Å². The molecular weight excluding hydrogens is 418 g/mol. The third-order valence-corrected chi connectivity index (χ3v) is 5.32. The van der Waals surface area contributed by atoms with Crippen molar-refractivity contribution in [2.45, 2.75) is 19.8 Å². The highest BCUT2D eigenvalue weighted by Crippen LogP contribution is 2.34. The number of amides is 3. The maximum Gasteiger partial charge on any atom is 0.323 e. The number of benzene rings is 3. The van der Waals surface area contributed by atoms with Crippen molar-refractivity contribution in [2.24, 2.45) is 0 Å². The first-order valence-corrected chi connectivity index (χ1v) is 11.0. The van der Waals surface area contributed by atoms with E-state index in [4.69, 9.17) is 9.47 Å². The molecule has 0 aliphatic carbocycles. The van der Waals surface area contributed by atoms with Gasteiger partial charge in [0.05, 0.1) is 12.3 Å². The van der Waals surface area contributed by atoms with Crippen molar-refractivity contribution in [1.82, 2.24) is 0 Å². The Kier molecular flexibility index (Phi) is 7.09. The number of hydrogen-bond acceptors (Lipinski definition) is 4. The van der Waals surface area contributed by atoms with Gasteiger partial charge in [0, 0.05) is 17.9 Å². The van der Waals surface area contributed by atoms with Crippen LogP contribution in [0, 0.1) is 0 Å². The van der Waals surface area contributed by atoms with Gasteiger partial charge in [-0.15, -0.1) is 0 Å². The summed E-state index contributed by atoms with van der Waals surface area (Å²) in [4.78, 5) is 26.5. The minimum Gasteiger partial charge on any atom is -0.494 e. The fourth-order valence-corrected chi connectivity index (χ4v) is 3.57. The topological polar surface area (TPSA) is 79.9 Å². The molecule has 0 fully saturated rings. The van der Waals surface area contributed by atoms with Crippen molar-refractivity contribution < 1.29 is 19.1 Å². The monoisotopic (exact) mass is 445 g/mol. The van der Waals surface area contributed by atoms with E-state index < -0.39 is 0 Å². The van der Waals surface area contributed by atoms with E-state index in [1.54, 1.807) is 35.2 Å². The van der Waals surface area contributed by atoms with Crippen LogP contribution in [0.5, 0.6) is 11.5 Å². The molecule has 1 heterocycles. The summed E-state index contributed by atoms with van der Waals surface area (Å²) in [5.41, 5.74) is 3.16. The van der Waals surface area contributed by atoms with Crippen LogP contribution >= 0.6 is 0 Å². The van der Waals surface area contributed by atoms with Crippen LogP contribution in [0.15, 0.2) is 72.8 Å². The number of nitrogens with zero attached hydrogens (tertiary/aromatic N) is 1. The van der Waals surface area contributed by atoms with E-state index >= 15 is 0 Å². The Labute approximate surface area is 193 Å². The Hall–Kier alpha value is -4.00. The molecule has 0 atom stereocenters. The van der Waals surface area contributed by atoms with E-state index in [-0.39, 0.29) is 18.5 Å². The zero-order chi connectivity index (χ0) is 23.0. The summed E-state index contributed by atoms with van der Waals surface area (Å²) in [6.07, 6.45) is 1.65. The van der Waals surface area contributed by atoms with Gasteiger partial charge in [0.25, 0.3) is 5.91 Å². The first kappa shape index (κ1) is 22.2. The van der Waals surface area contributed by atoms with Gasteiger partial charge in [0.2, 0.25) is 0 Å². The van der Waals surface area contributed by atoms with Crippen molar-refractivity contribution in [3.8, 4) is 11.5 Å². The molecule has 0 unspecified atom stereocenters. The number of rotatable bonds is 8. The Morgan fingerprint density at radius 1 is 1.00 bits per heavy atom. The number of carbonyl (C=O) groups excluding carboxylic acids is 2. The number of urea groups is 1. The minimum absolute atomic E-state index is 0.00634. The predicted molar refractivity (Wildman–Crippen MR) is 129 cm³/mol. The van der Waals surface area contributed by atoms with Crippen LogP contribution in [-0.2, 0) is 11.2 Å². The molecule has 0 aromatic heterocycles. The molecule has 7 heteroatoms. The SMILES string of the molecule is CCc1ccc(OCCCN2C(=O)COc3ccc(NC(=O)Nc4ccccc4)cc32)cc1. The Morgan fingerprint density at radius 2 is 1.76 bits per heavy atom. The second kappa shape index (κ2) is 10.5. The second-order valence-corrected chi connectivity index (χ2v) is 7.66. The third kappa shape index (κ3) is 5.83. The maximum absolute atomic E-state index is 12.5. The van der Waals surface area contributed by atoms with Crippen molar-refractivity contribution in [3.05, 3.63) is 78.4 Å². The van der Waals surface area contributed by atoms with E-state index in [2.05, 4.69) is 29.7 Å². The number of anilines is 3. The van der Waals surface area contributed by atoms with Gasteiger partial charge in [0.1, 0.15) is 11.5 Å². The Balaban J connectivity index is 1.36. The highest BCUT2D eigenvalue weighted by molar-refractivity contribution is 6.02. The predicted octanol–water partition coefficient (Wildman–Crippen LogP) is 5.09. The number of nitrogens with one attached hydrogen (secondary N) is 2. The fourth-order valence-electron chi connectivity index (χ4n) is 3.57. The van der Waals surface area contributed by atoms with Gasteiger partial charge in [-0.2, -0.15) is 0 Å². The van der Waals surface area contributed by atoms with Gasteiger partial charge in [-0.05, 0) is 60.9 Å². The molecule has 0 saturated carbocycles. The molecule has 33 heavy (non-hydrogen) atoms. The summed E-state index contributed by atoms with van der Waals surface area (Å²) in [7, 11) is 0. The largest absolute Gasteiger partial charge is 0.494 e. The van der Waals surface area contributed by atoms with Gasteiger partial charge < -0.3 is 25.0 Å². The van der Waals surface area contributed by atoms with Crippen LogP contribution < -0.4 is 25.0 Å². The quantitative estimate of drug-likeness (QED) is 0.474. The van der Waals surface area contributed by atoms with Gasteiger partial charge in [-0.3, -0.25) is 4.79 Å². The number of aryl methyl sites for hydroxylation is 1. The lowest BCUT2D eigenvalue weighted by Gasteiger charge is -2.30. The normalized spacial score (nSPS) is 12.5. The van der Waals surface area contributed by atoms with Crippen molar-refractivity contribution in [1.29, 1.82) is 0 Å². The summed E-state index contributed by atoms with van der Waals surface area (Å²) in [6.45, 7) is 3.09. The molecule has 4 rings (SSSR count). The van der Waals surface area contributed by atoms with Crippen LogP contribution in [0.1, 0.15) is 18.9 Å². The highest BCUT2D eigenvalue weighted by Gasteiger charge is 2.25. The first-order chi connectivity index (χ1) is 16.1. The zero-order valence-electron chi connectivity index (χ0n) is 18.5. The van der Waals surface area contributed by atoms with Crippen LogP contribution in [-0.4, -0.2) is 31.7 Å². The molecule has 170 valence electrons. The molecule has 3 aromatic carbocycles. The number of fused-ring (bicyclic) bond motifs is 1. The van der Waals surface area contributed by atoms with E-state index in [9.17, 15) is 9.59 Å². The first-order valence-electron chi connectivity index (χ1n) is 11.0. The van der Waals surface area contributed by atoms with Crippen LogP contribution in [0.3, 0.4) is 0 Å². The maximum atomic E-state index is 12.5. The highest BCUT2D eigenvalue weighted by atomic mass is 16.5. The third-order valence-electron chi connectivity index (χ3n) is 5.32. The smallest absolute Gasteiger partial charge is 0.323 e. The molecule has 1 aliphatic heterocycles. The zero-order valence-corrected chi connectivity index (χ0v) is 18.5. The molecule has 3 amide bonds. The molecule has 0 saturated heterocycles. The standard InChI is InChI=1S/C26H27N3O4/c1-2-19-9-12-22(13-10-19)32-16-6-15-29-23-17-21(11-14-24(23)33-18-25(29)30)28-26(31)27-20-7-4-3-5-8-20/h3-5,7-14,17H,2,6,15-16,18H2,1H3,(H2,27,28,31). The summed E-state index contributed by atoms with van der Waals surface area (Å²) >= 11 is 0. The lowest BCUT2D eigenvalue weighted by atomic mass is 10.2. The van der Waals surface area contributed by atoms with Crippen LogP contribution in [0.25, 0.3) is 0 Å². The molecule has 0 radical (unpaired) electrons. The minimum atomic E-state index is -0.363. The second-order valence-electron chi connectivity index (χ2n) is 7.66.